The molecule has 0 aliphatic heterocycles. The van der Waals surface area contributed by atoms with E-state index in [9.17, 15) is 4.79 Å². The van der Waals surface area contributed by atoms with Crippen LogP contribution in [0.15, 0.2) is 92.4 Å². The molecule has 0 saturated heterocycles. The van der Waals surface area contributed by atoms with Crippen molar-refractivity contribution in [1.82, 2.24) is 9.55 Å². The van der Waals surface area contributed by atoms with Crippen molar-refractivity contribution in [3.8, 4) is 0 Å². The summed E-state index contributed by atoms with van der Waals surface area (Å²) in [4.78, 5) is 17.1. The topological polar surface area (TPSA) is 72.8 Å². The Morgan fingerprint density at radius 1 is 1.10 bits per heavy atom. The van der Waals surface area contributed by atoms with Crippen molar-refractivity contribution in [2.45, 2.75) is 13.3 Å². The van der Waals surface area contributed by atoms with Crippen molar-refractivity contribution < 1.29 is 4.42 Å². The summed E-state index contributed by atoms with van der Waals surface area (Å²) < 4.78 is 6.82. The highest BCUT2D eigenvalue weighted by Crippen LogP contribution is 2.21. The number of para-hydroxylation sites is 1. The number of rotatable bonds is 5. The molecule has 4 aromatic rings. The van der Waals surface area contributed by atoms with Crippen LogP contribution in [0.4, 0.5) is 5.95 Å². The number of aromatic nitrogens is 2. The van der Waals surface area contributed by atoms with Gasteiger partial charge in [-0.05, 0) is 37.3 Å². The minimum Gasteiger partial charge on any atom is -0.469 e. The first-order valence-corrected chi connectivity index (χ1v) is 9.29. The highest BCUT2D eigenvalue weighted by atomic mass is 16.3. The molecule has 0 bridgehead atoms. The number of aryl methyl sites for hydroxylation is 1. The molecule has 29 heavy (non-hydrogen) atoms. The van der Waals surface area contributed by atoms with E-state index < -0.39 is 0 Å². The summed E-state index contributed by atoms with van der Waals surface area (Å²) in [6.07, 6.45) is 4.18. The molecular formula is C23H20N4O2. The van der Waals surface area contributed by atoms with Crippen LogP contribution >= 0.6 is 0 Å². The maximum atomic E-state index is 12.6. The Bertz CT molecular complexity index is 1250. The second kappa shape index (κ2) is 8.06. The molecule has 0 aliphatic carbocycles. The fraction of sp³-hybridized carbons (Fsp3) is 0.130. The lowest BCUT2D eigenvalue weighted by Crippen LogP contribution is -2.17. The third-order valence-electron chi connectivity index (χ3n) is 4.63. The molecule has 0 atom stereocenters. The highest BCUT2D eigenvalue weighted by Gasteiger charge is 2.08. The van der Waals surface area contributed by atoms with E-state index in [1.807, 2.05) is 61.5 Å². The van der Waals surface area contributed by atoms with Gasteiger partial charge in [-0.1, -0.05) is 42.0 Å². The van der Waals surface area contributed by atoms with E-state index in [1.165, 1.54) is 4.57 Å². The van der Waals surface area contributed by atoms with Gasteiger partial charge in [-0.25, -0.2) is 4.98 Å². The Hall–Kier alpha value is -3.80. The van der Waals surface area contributed by atoms with E-state index >= 15 is 0 Å². The number of fused-ring (bicyclic) bond motifs is 1. The normalized spacial score (nSPS) is 12.1. The van der Waals surface area contributed by atoms with Gasteiger partial charge in [0.15, 0.2) is 0 Å². The van der Waals surface area contributed by atoms with Gasteiger partial charge in [-0.2, -0.15) is 0 Å². The van der Waals surface area contributed by atoms with Crippen LogP contribution in [0.5, 0.6) is 0 Å². The largest absolute Gasteiger partial charge is 0.469 e. The molecule has 0 fully saturated rings. The second-order valence-electron chi connectivity index (χ2n) is 6.73. The quantitative estimate of drug-likeness (QED) is 0.444. The van der Waals surface area contributed by atoms with Crippen LogP contribution in [-0.4, -0.2) is 9.55 Å². The Labute approximate surface area is 167 Å². The fourth-order valence-corrected chi connectivity index (χ4v) is 2.96. The zero-order valence-electron chi connectivity index (χ0n) is 16.2. The molecule has 6 nitrogen and oxygen atoms in total. The molecule has 144 valence electrons. The number of hydrogen-bond acceptors (Lipinski definition) is 5. The molecule has 2 aromatic heterocycles. The van der Waals surface area contributed by atoms with Crippen LogP contribution < -0.4 is 5.56 Å². The van der Waals surface area contributed by atoms with Crippen molar-refractivity contribution in [2.75, 3.05) is 0 Å². The van der Waals surface area contributed by atoms with Crippen LogP contribution in [0.3, 0.4) is 0 Å². The summed E-state index contributed by atoms with van der Waals surface area (Å²) in [5, 5.41) is 9.27. The van der Waals surface area contributed by atoms with E-state index in [0.717, 1.165) is 16.9 Å². The van der Waals surface area contributed by atoms with E-state index in [1.54, 1.807) is 25.4 Å². The molecule has 6 heteroatoms. The Morgan fingerprint density at radius 3 is 2.66 bits per heavy atom. The molecule has 2 aromatic carbocycles. The van der Waals surface area contributed by atoms with Crippen molar-refractivity contribution in [2.24, 2.45) is 17.3 Å². The van der Waals surface area contributed by atoms with Gasteiger partial charge in [0.05, 0.1) is 22.9 Å². The summed E-state index contributed by atoms with van der Waals surface area (Å²) in [7, 11) is 1.65. The van der Waals surface area contributed by atoms with Gasteiger partial charge in [0.1, 0.15) is 5.76 Å². The summed E-state index contributed by atoms with van der Waals surface area (Å²) in [5.74, 6) is 1.09. The van der Waals surface area contributed by atoms with E-state index in [-0.39, 0.29) is 11.5 Å². The Kier molecular flexibility index (Phi) is 5.16. The molecule has 0 amide bonds. The minimum atomic E-state index is -0.152. The lowest BCUT2D eigenvalue weighted by Gasteiger charge is -2.05. The van der Waals surface area contributed by atoms with Crippen LogP contribution in [0.2, 0.25) is 0 Å². The maximum absolute atomic E-state index is 12.6. The first-order valence-electron chi connectivity index (χ1n) is 9.29. The Morgan fingerprint density at radius 2 is 1.90 bits per heavy atom. The van der Waals surface area contributed by atoms with Gasteiger partial charge < -0.3 is 4.42 Å². The number of hydrogen-bond donors (Lipinski definition) is 0. The molecule has 0 N–H and O–H groups in total. The van der Waals surface area contributed by atoms with Gasteiger partial charge in [0.25, 0.3) is 11.5 Å². The first kappa shape index (κ1) is 18.6. The van der Waals surface area contributed by atoms with Crippen molar-refractivity contribution >= 4 is 22.5 Å². The van der Waals surface area contributed by atoms with Gasteiger partial charge in [-0.3, -0.25) is 9.36 Å². The van der Waals surface area contributed by atoms with Crippen LogP contribution in [0, 0.1) is 6.92 Å². The molecule has 0 saturated carbocycles. The Balaban J connectivity index is 1.74. The summed E-state index contributed by atoms with van der Waals surface area (Å²) >= 11 is 0. The van der Waals surface area contributed by atoms with Gasteiger partial charge in [-0.15, -0.1) is 10.2 Å². The van der Waals surface area contributed by atoms with Crippen LogP contribution in [0.1, 0.15) is 16.9 Å². The lowest BCUT2D eigenvalue weighted by atomic mass is 10.1. The summed E-state index contributed by atoms with van der Waals surface area (Å²) in [6.45, 7) is 2.03. The average Bonchev–Trinajstić information content (AvgIpc) is 3.26. The third-order valence-corrected chi connectivity index (χ3v) is 4.63. The van der Waals surface area contributed by atoms with Gasteiger partial charge >= 0.3 is 0 Å². The number of benzene rings is 2. The van der Waals surface area contributed by atoms with Crippen LogP contribution in [-0.2, 0) is 13.5 Å². The predicted molar refractivity (Wildman–Crippen MR) is 113 cm³/mol. The summed E-state index contributed by atoms with van der Waals surface area (Å²) in [5.41, 5.74) is 3.22. The average molecular weight is 384 g/mol. The van der Waals surface area contributed by atoms with Gasteiger partial charge in [0, 0.05) is 19.0 Å². The van der Waals surface area contributed by atoms with E-state index in [4.69, 9.17) is 4.42 Å². The van der Waals surface area contributed by atoms with Crippen molar-refractivity contribution in [3.05, 3.63) is 100 Å². The van der Waals surface area contributed by atoms with Crippen molar-refractivity contribution in [1.29, 1.82) is 0 Å². The zero-order valence-corrected chi connectivity index (χ0v) is 16.2. The summed E-state index contributed by atoms with van der Waals surface area (Å²) in [6, 6.07) is 19.0. The minimum absolute atomic E-state index is 0.152. The number of azo groups is 1. The molecular weight excluding hydrogens is 364 g/mol. The number of nitrogens with zero attached hydrogens (tertiary/aromatic N) is 4. The highest BCUT2D eigenvalue weighted by molar-refractivity contribution is 5.78. The first-order chi connectivity index (χ1) is 14.1. The molecule has 0 aliphatic rings. The standard InChI is InChI=1S/C23H20N4O2/c1-16-9-11-17(12-10-16)20(14-13-18-6-5-15-29-18)25-26-23-24-21-8-4-3-7-19(21)22(28)27(23)2/h3-12,14-15H,13H2,1-2H3/b20-14-,26-25?. The maximum Gasteiger partial charge on any atom is 0.262 e. The van der Waals surface area contributed by atoms with E-state index in [2.05, 4.69) is 15.2 Å². The van der Waals surface area contributed by atoms with Gasteiger partial charge in [0.2, 0.25) is 0 Å². The third kappa shape index (κ3) is 4.06. The van der Waals surface area contributed by atoms with Crippen LogP contribution in [0.25, 0.3) is 16.6 Å². The predicted octanol–water partition coefficient (Wildman–Crippen LogP) is 5.20. The molecule has 0 unspecified atom stereocenters. The smallest absolute Gasteiger partial charge is 0.262 e. The zero-order chi connectivity index (χ0) is 20.2. The lowest BCUT2D eigenvalue weighted by molar-refractivity contribution is 0.523. The van der Waals surface area contributed by atoms with Crippen molar-refractivity contribution in [3.63, 3.8) is 0 Å². The monoisotopic (exact) mass is 384 g/mol. The number of furan rings is 1. The number of allylic oxidation sites excluding steroid dienone is 1. The molecule has 2 heterocycles. The second-order valence-corrected chi connectivity index (χ2v) is 6.73. The molecule has 4 rings (SSSR count). The fourth-order valence-electron chi connectivity index (χ4n) is 2.96. The molecule has 0 spiro atoms. The SMILES string of the molecule is Cc1ccc(/C(=C/Cc2ccco2)N=Nc2nc3ccccc3c(=O)n2C)cc1. The van der Waals surface area contributed by atoms with E-state index in [0.29, 0.717) is 23.0 Å². The molecule has 0 radical (unpaired) electrons.